The molecule has 0 aliphatic heterocycles. The lowest BCUT2D eigenvalue weighted by molar-refractivity contribution is 0.102. The van der Waals surface area contributed by atoms with Crippen LogP contribution in [-0.4, -0.2) is 24.1 Å². The summed E-state index contributed by atoms with van der Waals surface area (Å²) in [5.74, 6) is 1.74. The van der Waals surface area contributed by atoms with Gasteiger partial charge >= 0.3 is 0 Å². The first-order chi connectivity index (χ1) is 14.9. The fourth-order valence-corrected chi connectivity index (χ4v) is 3.20. The number of carbonyl (C=O) groups excluding carboxylic acids is 1. The van der Waals surface area contributed by atoms with Gasteiger partial charge < -0.3 is 19.2 Å². The van der Waals surface area contributed by atoms with Crippen molar-refractivity contribution in [2.24, 2.45) is 0 Å². The zero-order chi connectivity index (χ0) is 22.0. The summed E-state index contributed by atoms with van der Waals surface area (Å²) in [6.07, 6.45) is 0.0815. The Morgan fingerprint density at radius 1 is 1.00 bits per heavy atom. The van der Waals surface area contributed by atoms with Crippen LogP contribution in [0.3, 0.4) is 0 Å². The minimum Gasteiger partial charge on any atom is -0.497 e. The second-order valence-corrected chi connectivity index (χ2v) is 7.53. The topological polar surface area (TPSA) is 73.6 Å². The molecular weight excluding hydrogens is 392 g/mol. The number of nitrogens with one attached hydrogen (secondary N) is 1. The summed E-state index contributed by atoms with van der Waals surface area (Å²) in [4.78, 5) is 17.3. The lowest BCUT2D eigenvalue weighted by atomic mass is 10.1. The highest BCUT2D eigenvalue weighted by atomic mass is 16.5. The number of carbonyl (C=O) groups is 1. The maximum Gasteiger partial charge on any atom is 0.255 e. The fourth-order valence-electron chi connectivity index (χ4n) is 3.20. The molecule has 1 amide bonds. The molecule has 31 heavy (non-hydrogen) atoms. The minimum absolute atomic E-state index is 0.0815. The van der Waals surface area contributed by atoms with E-state index in [4.69, 9.17) is 13.9 Å². The van der Waals surface area contributed by atoms with Crippen LogP contribution in [0.5, 0.6) is 11.5 Å². The lowest BCUT2D eigenvalue weighted by Crippen LogP contribution is -2.13. The fraction of sp³-hybridized carbons (Fsp3) is 0.200. The average Bonchev–Trinajstić information content (AvgIpc) is 3.18. The molecule has 0 saturated heterocycles. The number of ether oxygens (including phenoxy) is 2. The first kappa shape index (κ1) is 20.5. The van der Waals surface area contributed by atoms with Crippen molar-refractivity contribution >= 4 is 22.7 Å². The summed E-state index contributed by atoms with van der Waals surface area (Å²) in [6, 6.07) is 18.3. The van der Waals surface area contributed by atoms with Crippen molar-refractivity contribution < 1.29 is 18.7 Å². The molecule has 0 atom stereocenters. The van der Waals surface area contributed by atoms with Gasteiger partial charge in [0, 0.05) is 22.9 Å². The normalized spacial score (nSPS) is 11.0. The number of fused-ring (bicyclic) bond motifs is 1. The third-order valence-electron chi connectivity index (χ3n) is 4.82. The molecule has 0 saturated carbocycles. The zero-order valence-electron chi connectivity index (χ0n) is 17.9. The molecule has 6 nitrogen and oxygen atoms in total. The molecule has 0 radical (unpaired) electrons. The van der Waals surface area contributed by atoms with E-state index in [1.807, 2.05) is 57.2 Å². The number of anilines is 1. The van der Waals surface area contributed by atoms with Gasteiger partial charge in [-0.3, -0.25) is 4.79 Å². The van der Waals surface area contributed by atoms with Gasteiger partial charge in [-0.05, 0) is 74.9 Å². The maximum absolute atomic E-state index is 12.8. The van der Waals surface area contributed by atoms with E-state index in [9.17, 15) is 4.79 Å². The summed E-state index contributed by atoms with van der Waals surface area (Å²) in [7, 11) is 1.61. The van der Waals surface area contributed by atoms with Crippen molar-refractivity contribution in [3.63, 3.8) is 0 Å². The van der Waals surface area contributed by atoms with Gasteiger partial charge in [-0.25, -0.2) is 4.98 Å². The molecule has 0 bridgehead atoms. The molecule has 6 heteroatoms. The number of methoxy groups -OCH3 is 1. The Labute approximate surface area is 180 Å². The smallest absolute Gasteiger partial charge is 0.255 e. The van der Waals surface area contributed by atoms with Crippen molar-refractivity contribution in [1.29, 1.82) is 0 Å². The first-order valence-corrected chi connectivity index (χ1v) is 10.1. The highest BCUT2D eigenvalue weighted by Gasteiger charge is 2.13. The molecule has 1 N–H and O–H groups in total. The van der Waals surface area contributed by atoms with Crippen LogP contribution in [-0.2, 0) is 0 Å². The number of benzene rings is 3. The SMILES string of the molecule is COc1ccc2oc(-c3ccc(C)c(NC(=O)c4ccc(OC(C)C)cc4)c3)nc2c1. The van der Waals surface area contributed by atoms with Crippen LogP contribution in [0, 0.1) is 6.92 Å². The standard InChI is InChI=1S/C25H24N2O4/c1-15(2)30-19-9-7-17(8-10-19)24(28)26-21-13-18(6-5-16(21)3)25-27-22-14-20(29-4)11-12-23(22)31-25/h5-15H,1-4H3,(H,26,28). The molecule has 1 aromatic heterocycles. The highest BCUT2D eigenvalue weighted by Crippen LogP contribution is 2.30. The second kappa shape index (κ2) is 8.52. The Bertz CT molecular complexity index is 1230. The quantitative estimate of drug-likeness (QED) is 0.427. The highest BCUT2D eigenvalue weighted by molar-refractivity contribution is 6.05. The Kier molecular flexibility index (Phi) is 5.62. The van der Waals surface area contributed by atoms with Crippen LogP contribution in [0.2, 0.25) is 0 Å². The number of aromatic nitrogens is 1. The van der Waals surface area contributed by atoms with Gasteiger partial charge in [0.2, 0.25) is 5.89 Å². The Morgan fingerprint density at radius 3 is 2.45 bits per heavy atom. The number of aryl methyl sites for hydroxylation is 1. The van der Waals surface area contributed by atoms with E-state index < -0.39 is 0 Å². The molecule has 0 aliphatic rings. The van der Waals surface area contributed by atoms with Crippen molar-refractivity contribution in [2.45, 2.75) is 26.9 Å². The van der Waals surface area contributed by atoms with E-state index in [1.54, 1.807) is 31.4 Å². The molecule has 0 spiro atoms. The van der Waals surface area contributed by atoms with Gasteiger partial charge in [0.25, 0.3) is 5.91 Å². The van der Waals surface area contributed by atoms with Crippen LogP contribution >= 0.6 is 0 Å². The number of rotatable bonds is 6. The van der Waals surface area contributed by atoms with Crippen molar-refractivity contribution in [3.05, 3.63) is 71.8 Å². The van der Waals surface area contributed by atoms with E-state index in [0.29, 0.717) is 34.0 Å². The molecule has 0 aliphatic carbocycles. The number of oxazole rings is 1. The summed E-state index contributed by atoms with van der Waals surface area (Å²) >= 11 is 0. The summed E-state index contributed by atoms with van der Waals surface area (Å²) in [5, 5.41) is 2.98. The van der Waals surface area contributed by atoms with Crippen LogP contribution in [0.1, 0.15) is 29.8 Å². The van der Waals surface area contributed by atoms with Crippen molar-refractivity contribution in [3.8, 4) is 23.0 Å². The van der Waals surface area contributed by atoms with E-state index >= 15 is 0 Å². The predicted molar refractivity (Wildman–Crippen MR) is 121 cm³/mol. The van der Waals surface area contributed by atoms with E-state index in [-0.39, 0.29) is 12.0 Å². The molecule has 0 fully saturated rings. The zero-order valence-corrected chi connectivity index (χ0v) is 17.9. The van der Waals surface area contributed by atoms with Gasteiger partial charge in [0.15, 0.2) is 5.58 Å². The predicted octanol–water partition coefficient (Wildman–Crippen LogP) is 5.85. The third-order valence-corrected chi connectivity index (χ3v) is 4.82. The number of hydrogen-bond donors (Lipinski definition) is 1. The van der Waals surface area contributed by atoms with E-state index in [0.717, 1.165) is 16.9 Å². The van der Waals surface area contributed by atoms with Crippen molar-refractivity contribution in [1.82, 2.24) is 4.98 Å². The van der Waals surface area contributed by atoms with Gasteiger partial charge in [-0.2, -0.15) is 0 Å². The summed E-state index contributed by atoms with van der Waals surface area (Å²) < 4.78 is 16.8. The lowest BCUT2D eigenvalue weighted by Gasteiger charge is -2.11. The maximum atomic E-state index is 12.8. The van der Waals surface area contributed by atoms with Gasteiger partial charge in [0.05, 0.1) is 13.2 Å². The summed E-state index contributed by atoms with van der Waals surface area (Å²) in [6.45, 7) is 5.86. The van der Waals surface area contributed by atoms with Gasteiger partial charge in [-0.1, -0.05) is 6.07 Å². The number of hydrogen-bond acceptors (Lipinski definition) is 5. The minimum atomic E-state index is -0.196. The van der Waals surface area contributed by atoms with Gasteiger partial charge in [0.1, 0.15) is 17.0 Å². The monoisotopic (exact) mass is 416 g/mol. The Balaban J connectivity index is 1.57. The van der Waals surface area contributed by atoms with Crippen molar-refractivity contribution in [2.75, 3.05) is 12.4 Å². The molecule has 0 unspecified atom stereocenters. The number of amides is 1. The van der Waals surface area contributed by atoms with Crippen LogP contribution in [0.15, 0.2) is 65.1 Å². The summed E-state index contributed by atoms with van der Waals surface area (Å²) in [5.41, 5.74) is 4.35. The van der Waals surface area contributed by atoms with Crippen LogP contribution in [0.4, 0.5) is 5.69 Å². The molecule has 3 aromatic carbocycles. The van der Waals surface area contributed by atoms with Crippen LogP contribution in [0.25, 0.3) is 22.6 Å². The molecule has 4 aromatic rings. The molecular formula is C25H24N2O4. The number of nitrogens with zero attached hydrogens (tertiary/aromatic N) is 1. The molecule has 1 heterocycles. The second-order valence-electron chi connectivity index (χ2n) is 7.53. The third kappa shape index (κ3) is 4.53. The Hall–Kier alpha value is -3.80. The van der Waals surface area contributed by atoms with E-state index in [2.05, 4.69) is 10.3 Å². The Morgan fingerprint density at radius 2 is 1.74 bits per heavy atom. The van der Waals surface area contributed by atoms with Crippen LogP contribution < -0.4 is 14.8 Å². The molecule has 4 rings (SSSR count). The van der Waals surface area contributed by atoms with Gasteiger partial charge in [-0.15, -0.1) is 0 Å². The van der Waals surface area contributed by atoms with E-state index in [1.165, 1.54) is 0 Å². The largest absolute Gasteiger partial charge is 0.497 e. The first-order valence-electron chi connectivity index (χ1n) is 10.1. The molecule has 158 valence electrons. The average molecular weight is 416 g/mol.